The summed E-state index contributed by atoms with van der Waals surface area (Å²) >= 11 is 0. The molecule has 0 radical (unpaired) electrons. The topological polar surface area (TPSA) is 58.6 Å². The van der Waals surface area contributed by atoms with E-state index >= 15 is 0 Å². The lowest BCUT2D eigenvalue weighted by Gasteiger charge is -2.01. The molecule has 4 nitrogen and oxygen atoms in total. The van der Waals surface area contributed by atoms with E-state index in [1.165, 1.54) is 0 Å². The summed E-state index contributed by atoms with van der Waals surface area (Å²) < 4.78 is 35.3. The monoisotopic (exact) mass is 165 g/mol. The van der Waals surface area contributed by atoms with Gasteiger partial charge in [-0.05, 0) is 0 Å². The third-order valence-electron chi connectivity index (χ3n) is 0.946. The van der Waals surface area contributed by atoms with E-state index in [4.69, 9.17) is 0 Å². The van der Waals surface area contributed by atoms with Gasteiger partial charge in [0.25, 0.3) is 5.56 Å². The maximum Gasteiger partial charge on any atom is 0.423 e. The average molecular weight is 165 g/mol. The Labute approximate surface area is 58.1 Å². The van der Waals surface area contributed by atoms with Gasteiger partial charge in [0.2, 0.25) is 0 Å². The molecule has 0 amide bonds. The third kappa shape index (κ3) is 1.54. The molecule has 0 bridgehead atoms. The van der Waals surface area contributed by atoms with E-state index in [1.807, 2.05) is 0 Å². The maximum atomic E-state index is 11.8. The molecule has 1 rings (SSSR count). The summed E-state index contributed by atoms with van der Waals surface area (Å²) in [5.74, 6) is 0. The van der Waals surface area contributed by atoms with Gasteiger partial charge in [-0.25, -0.2) is 5.10 Å². The Balaban J connectivity index is 3.26. The number of aromatic nitrogens is 3. The van der Waals surface area contributed by atoms with Crippen molar-refractivity contribution in [1.82, 2.24) is 15.4 Å². The van der Waals surface area contributed by atoms with Crippen LogP contribution in [0.15, 0.2) is 11.0 Å². The number of halogens is 3. The highest BCUT2D eigenvalue weighted by Crippen LogP contribution is 2.24. The van der Waals surface area contributed by atoms with Crippen molar-refractivity contribution in [3.8, 4) is 0 Å². The van der Waals surface area contributed by atoms with Crippen molar-refractivity contribution in [3.63, 3.8) is 0 Å². The van der Waals surface area contributed by atoms with E-state index in [-0.39, 0.29) is 0 Å². The van der Waals surface area contributed by atoms with Crippen molar-refractivity contribution in [2.45, 2.75) is 6.18 Å². The number of alkyl halides is 3. The number of aromatic amines is 1. The molecule has 0 aliphatic rings. The molecule has 0 aromatic carbocycles. The van der Waals surface area contributed by atoms with Gasteiger partial charge in [0, 0.05) is 0 Å². The largest absolute Gasteiger partial charge is 0.423 e. The predicted octanol–water partition coefficient (Wildman–Crippen LogP) is 0.184. The number of H-pyrrole nitrogens is 1. The Morgan fingerprint density at radius 3 is 2.45 bits per heavy atom. The van der Waals surface area contributed by atoms with Crippen LogP contribution >= 0.6 is 0 Å². The Hall–Kier alpha value is -1.40. The second-order valence-electron chi connectivity index (χ2n) is 1.70. The number of hydrogen-bond acceptors (Lipinski definition) is 3. The van der Waals surface area contributed by atoms with E-state index in [2.05, 4.69) is 10.3 Å². The lowest BCUT2D eigenvalue weighted by molar-refractivity contribution is -0.139. The first-order valence-electron chi connectivity index (χ1n) is 2.49. The molecule has 1 aromatic rings. The number of nitrogens with one attached hydrogen (secondary N) is 1. The minimum absolute atomic E-state index is 0.374. The van der Waals surface area contributed by atoms with Crippen LogP contribution in [0.1, 0.15) is 5.56 Å². The lowest BCUT2D eigenvalue weighted by atomic mass is 10.3. The molecule has 11 heavy (non-hydrogen) atoms. The molecule has 60 valence electrons. The van der Waals surface area contributed by atoms with Crippen LogP contribution < -0.4 is 5.56 Å². The zero-order valence-electron chi connectivity index (χ0n) is 5.01. The molecule has 0 saturated carbocycles. The first-order chi connectivity index (χ1) is 5.02. The molecule has 0 spiro atoms. The Morgan fingerprint density at radius 2 is 2.09 bits per heavy atom. The third-order valence-corrected chi connectivity index (χ3v) is 0.946. The molecule has 1 N–H and O–H groups in total. The van der Waals surface area contributed by atoms with Gasteiger partial charge in [0.1, 0.15) is 5.56 Å². The van der Waals surface area contributed by atoms with Crippen molar-refractivity contribution in [1.29, 1.82) is 0 Å². The predicted molar refractivity (Wildman–Crippen MR) is 27.7 cm³/mol. The molecular weight excluding hydrogens is 163 g/mol. The van der Waals surface area contributed by atoms with Crippen molar-refractivity contribution in [2.24, 2.45) is 0 Å². The highest BCUT2D eigenvalue weighted by Gasteiger charge is 2.34. The molecule has 1 aromatic heterocycles. The number of nitrogens with zero attached hydrogens (tertiary/aromatic N) is 2. The van der Waals surface area contributed by atoms with Gasteiger partial charge in [-0.1, -0.05) is 5.21 Å². The van der Waals surface area contributed by atoms with E-state index in [0.717, 1.165) is 0 Å². The molecule has 0 unspecified atom stereocenters. The summed E-state index contributed by atoms with van der Waals surface area (Å²) in [5.41, 5.74) is -2.62. The summed E-state index contributed by atoms with van der Waals surface area (Å²) in [6, 6.07) is 0. The SMILES string of the molecule is O=c1[nH]nncc1C(F)(F)F. The van der Waals surface area contributed by atoms with Crippen molar-refractivity contribution >= 4 is 0 Å². The van der Waals surface area contributed by atoms with Crippen LogP contribution in [-0.4, -0.2) is 15.4 Å². The normalized spacial score (nSPS) is 11.5. The standard InChI is InChI=1S/C4H2F3N3O/c5-4(6,7)2-1-8-10-9-3(2)11/h1H,(H,8,9,11). The Bertz CT molecular complexity index is 304. The van der Waals surface area contributed by atoms with Crippen LogP contribution in [-0.2, 0) is 6.18 Å². The van der Waals surface area contributed by atoms with Gasteiger partial charge in [0.15, 0.2) is 0 Å². The van der Waals surface area contributed by atoms with Crippen molar-refractivity contribution in [3.05, 3.63) is 22.1 Å². The fourth-order valence-electron chi connectivity index (χ4n) is 0.482. The fraction of sp³-hybridized carbons (Fsp3) is 0.250. The highest BCUT2D eigenvalue weighted by molar-refractivity contribution is 5.05. The van der Waals surface area contributed by atoms with Crippen LogP contribution in [0.3, 0.4) is 0 Å². The fourth-order valence-corrected chi connectivity index (χ4v) is 0.482. The first-order valence-corrected chi connectivity index (χ1v) is 2.49. The number of hydrogen-bond donors (Lipinski definition) is 1. The maximum absolute atomic E-state index is 11.8. The van der Waals surface area contributed by atoms with Gasteiger partial charge in [-0.15, -0.1) is 5.10 Å². The summed E-state index contributed by atoms with van der Waals surface area (Å²) in [4.78, 5) is 10.4. The van der Waals surface area contributed by atoms with Crippen LogP contribution in [0.25, 0.3) is 0 Å². The van der Waals surface area contributed by atoms with Gasteiger partial charge < -0.3 is 0 Å². The molecule has 0 atom stereocenters. The molecule has 0 fully saturated rings. The summed E-state index contributed by atoms with van der Waals surface area (Å²) in [6.45, 7) is 0. The first kappa shape index (κ1) is 7.70. The second-order valence-corrected chi connectivity index (χ2v) is 1.70. The smallest absolute Gasteiger partial charge is 0.267 e. The highest BCUT2D eigenvalue weighted by atomic mass is 19.4. The van der Waals surface area contributed by atoms with E-state index in [0.29, 0.717) is 6.20 Å². The minimum atomic E-state index is -4.66. The van der Waals surface area contributed by atoms with Crippen molar-refractivity contribution in [2.75, 3.05) is 0 Å². The van der Waals surface area contributed by atoms with E-state index in [1.54, 1.807) is 5.10 Å². The van der Waals surface area contributed by atoms with Gasteiger partial charge in [0.05, 0.1) is 6.20 Å². The zero-order valence-corrected chi connectivity index (χ0v) is 5.01. The van der Waals surface area contributed by atoms with E-state index in [9.17, 15) is 18.0 Å². The molecule has 7 heteroatoms. The number of rotatable bonds is 0. The zero-order chi connectivity index (χ0) is 8.48. The Morgan fingerprint density at radius 1 is 1.45 bits per heavy atom. The van der Waals surface area contributed by atoms with Crippen LogP contribution in [0.4, 0.5) is 13.2 Å². The van der Waals surface area contributed by atoms with Gasteiger partial charge >= 0.3 is 6.18 Å². The summed E-state index contributed by atoms with van der Waals surface area (Å²) in [7, 11) is 0. The Kier molecular flexibility index (Phi) is 1.63. The molecule has 0 aliphatic carbocycles. The lowest BCUT2D eigenvalue weighted by Crippen LogP contribution is -2.22. The minimum Gasteiger partial charge on any atom is -0.267 e. The molecule has 0 saturated heterocycles. The molecule has 1 heterocycles. The quantitative estimate of drug-likeness (QED) is 0.596. The van der Waals surface area contributed by atoms with Crippen molar-refractivity contribution < 1.29 is 13.2 Å². The second kappa shape index (κ2) is 2.33. The molecular formula is C4H2F3N3O. The van der Waals surface area contributed by atoms with E-state index < -0.39 is 17.3 Å². The van der Waals surface area contributed by atoms with Crippen LogP contribution in [0, 0.1) is 0 Å². The van der Waals surface area contributed by atoms with Crippen LogP contribution in [0.5, 0.6) is 0 Å². The van der Waals surface area contributed by atoms with Gasteiger partial charge in [-0.2, -0.15) is 13.2 Å². The molecule has 0 aliphatic heterocycles. The summed E-state index contributed by atoms with van der Waals surface area (Å²) in [5, 5.41) is 7.33. The van der Waals surface area contributed by atoms with Crippen LogP contribution in [0.2, 0.25) is 0 Å². The van der Waals surface area contributed by atoms with Gasteiger partial charge in [-0.3, -0.25) is 4.79 Å². The summed E-state index contributed by atoms with van der Waals surface area (Å²) in [6.07, 6.45) is -4.29. The average Bonchev–Trinajstić information content (AvgIpc) is 1.86.